The number of fused-ring (bicyclic) bond motifs is 7. The van der Waals surface area contributed by atoms with E-state index in [9.17, 15) is 30.0 Å². The number of carbonyl (C=O) groups excluding carboxylic acids is 2. The Hall–Kier alpha value is -3.82. The molecule has 17 heteroatoms. The van der Waals surface area contributed by atoms with Gasteiger partial charge in [0.2, 0.25) is 0 Å². The molecule has 10 aliphatic rings. The summed E-state index contributed by atoms with van der Waals surface area (Å²) in [5, 5.41) is 44.0. The molecule has 25 unspecified atom stereocenters. The van der Waals surface area contributed by atoms with Gasteiger partial charge in [0.25, 0.3) is 0 Å². The van der Waals surface area contributed by atoms with Gasteiger partial charge in [-0.25, -0.2) is 0 Å². The van der Waals surface area contributed by atoms with Gasteiger partial charge >= 0.3 is 11.9 Å². The normalized spacial score (nSPS) is 44.2. The summed E-state index contributed by atoms with van der Waals surface area (Å²) in [6, 6.07) is 5.95. The molecular weight excluding hydrogens is 1100 g/mol. The van der Waals surface area contributed by atoms with Crippen molar-refractivity contribution in [1.29, 1.82) is 0 Å². The summed E-state index contributed by atoms with van der Waals surface area (Å²) in [5.74, 6) is -0.243. The maximum absolute atomic E-state index is 14.3. The van der Waals surface area contributed by atoms with E-state index in [1.807, 2.05) is 51.1 Å². The van der Waals surface area contributed by atoms with E-state index in [2.05, 4.69) is 52.8 Å². The molecule has 6 heterocycles. The van der Waals surface area contributed by atoms with Crippen molar-refractivity contribution in [3.8, 4) is 5.75 Å². The molecule has 2 bridgehead atoms. The molecule has 4 N–H and O–H groups in total. The first-order chi connectivity index (χ1) is 41.0. The van der Waals surface area contributed by atoms with Crippen molar-refractivity contribution in [2.24, 2.45) is 40.9 Å². The average Bonchev–Trinajstić information content (AvgIpc) is 1.56. The highest BCUT2D eigenvalue weighted by atomic mass is 16.7. The van der Waals surface area contributed by atoms with Gasteiger partial charge in [-0.05, 0) is 142 Å². The lowest BCUT2D eigenvalue weighted by molar-refractivity contribution is -0.318. The van der Waals surface area contributed by atoms with Crippen LogP contribution >= 0.6 is 0 Å². The monoisotopic (exact) mass is 1200 g/mol. The Bertz CT molecular complexity index is 2700. The molecule has 17 nitrogen and oxygen atoms in total. The van der Waals surface area contributed by atoms with E-state index < -0.39 is 90.8 Å². The Morgan fingerprint density at radius 2 is 1.62 bits per heavy atom. The highest BCUT2D eigenvalue weighted by molar-refractivity contribution is 5.78. The number of aryl methyl sites for hydroxylation is 1. The number of benzene rings is 1. The fourth-order valence-electron chi connectivity index (χ4n) is 16.5. The van der Waals surface area contributed by atoms with Gasteiger partial charge in [0.05, 0.1) is 49.3 Å². The van der Waals surface area contributed by atoms with Crippen molar-refractivity contribution in [3.63, 3.8) is 0 Å². The molecule has 2 saturated carbocycles. The van der Waals surface area contributed by atoms with Crippen LogP contribution in [0, 0.1) is 40.9 Å². The molecule has 1 spiro atoms. The Morgan fingerprint density at radius 3 is 2.36 bits per heavy atom. The zero-order valence-electron chi connectivity index (χ0n) is 53.0. The van der Waals surface area contributed by atoms with Gasteiger partial charge in [0.1, 0.15) is 53.9 Å². The minimum Gasteiger partial charge on any atom is -0.508 e. The van der Waals surface area contributed by atoms with Gasteiger partial charge in [-0.2, -0.15) is 0 Å². The van der Waals surface area contributed by atoms with E-state index in [4.69, 9.17) is 52.1 Å². The fourth-order valence-corrected chi connectivity index (χ4v) is 16.5. The number of aromatic hydroxyl groups is 1. The third-order valence-electron chi connectivity index (χ3n) is 21.7. The second-order valence-corrected chi connectivity index (χ2v) is 27.2. The number of rotatable bonds is 10. The lowest BCUT2D eigenvalue weighted by atomic mass is 9.55. The van der Waals surface area contributed by atoms with E-state index >= 15 is 0 Å². The van der Waals surface area contributed by atoms with Gasteiger partial charge in [-0.1, -0.05) is 90.5 Å². The number of esters is 2. The Labute approximate surface area is 510 Å². The topological polar surface area (TPSA) is 217 Å². The molecule has 25 atom stereocenters. The molecule has 6 fully saturated rings. The maximum atomic E-state index is 14.3. The number of phenolic OH excluding ortho intramolecular Hbond substituents is 1. The van der Waals surface area contributed by atoms with Crippen molar-refractivity contribution < 1.29 is 82.1 Å². The van der Waals surface area contributed by atoms with Gasteiger partial charge in [-0.15, -0.1) is 0 Å². The Morgan fingerprint density at radius 1 is 0.872 bits per heavy atom. The van der Waals surface area contributed by atoms with Crippen LogP contribution in [0.4, 0.5) is 0 Å². The summed E-state index contributed by atoms with van der Waals surface area (Å²) in [4.78, 5) is 26.2. The molecule has 11 rings (SSSR count). The lowest BCUT2D eigenvalue weighted by Gasteiger charge is -2.50. The highest BCUT2D eigenvalue weighted by Gasteiger charge is 2.61. The minimum absolute atomic E-state index is 0.0317. The highest BCUT2D eigenvalue weighted by Crippen LogP contribution is 2.62. The van der Waals surface area contributed by atoms with E-state index in [0.717, 1.165) is 31.3 Å². The quantitative estimate of drug-likeness (QED) is 0.127. The first-order valence-electron chi connectivity index (χ1n) is 32.4. The molecule has 0 aromatic heterocycles. The third kappa shape index (κ3) is 13.1. The average molecular weight is 1200 g/mol. The number of aliphatic hydroxyl groups is 3. The van der Waals surface area contributed by atoms with Crippen LogP contribution in [-0.2, 0) is 68.1 Å². The second kappa shape index (κ2) is 26.9. The van der Waals surface area contributed by atoms with E-state index in [1.54, 1.807) is 40.2 Å². The number of aliphatic hydroxyl groups excluding tert-OH is 2. The Balaban J connectivity index is 0.000000282. The molecule has 0 radical (unpaired) electrons. The predicted molar refractivity (Wildman–Crippen MR) is 320 cm³/mol. The van der Waals surface area contributed by atoms with Crippen LogP contribution in [0.5, 0.6) is 5.75 Å². The summed E-state index contributed by atoms with van der Waals surface area (Å²) in [6.45, 7) is 20.3. The molecule has 86 heavy (non-hydrogen) atoms. The number of hydrogen-bond donors (Lipinski definition) is 4. The van der Waals surface area contributed by atoms with Crippen LogP contribution < -0.4 is 0 Å². The van der Waals surface area contributed by atoms with Crippen molar-refractivity contribution in [2.75, 3.05) is 20.8 Å². The number of phenols is 1. The van der Waals surface area contributed by atoms with E-state index in [1.165, 1.54) is 30.4 Å². The molecule has 478 valence electrons. The number of carbonyl (C=O) groups is 2. The van der Waals surface area contributed by atoms with Gasteiger partial charge in [0.15, 0.2) is 18.4 Å². The SMILES string of the molecule is CCC(=O)OC1CCC2C3CCc4cc(O)ccc4C3CCC12C.CCC(C)C1OC2(C=CC1C)CC1CC(CC=C(C)C(OC3CC(OC)C(OC4CC(OC)C(O)C(C)O4)C(C)O3)C(C)C=CC=C3COC4C(O)C(C)=CC(C(=O)O1)C34O)O2. The molecule has 1 aromatic rings. The molecule has 0 amide bonds. The number of hydrogen-bond acceptors (Lipinski definition) is 17. The zero-order valence-corrected chi connectivity index (χ0v) is 53.0. The minimum atomic E-state index is -1.84. The van der Waals surface area contributed by atoms with Crippen LogP contribution in [0.25, 0.3) is 0 Å². The van der Waals surface area contributed by atoms with Crippen LogP contribution in [0.1, 0.15) is 163 Å². The van der Waals surface area contributed by atoms with Crippen LogP contribution in [0.15, 0.2) is 77.5 Å². The smallest absolute Gasteiger partial charge is 0.316 e. The number of ether oxygens (including phenoxy) is 11. The Kier molecular flexibility index (Phi) is 20.4. The molecular formula is C69H100O17. The predicted octanol–water partition coefficient (Wildman–Crippen LogP) is 9.95. The van der Waals surface area contributed by atoms with E-state index in [-0.39, 0.29) is 60.2 Å². The second-order valence-electron chi connectivity index (χ2n) is 27.2. The first kappa shape index (κ1) is 65.1. The van der Waals surface area contributed by atoms with Crippen molar-refractivity contribution in [1.82, 2.24) is 0 Å². The van der Waals surface area contributed by atoms with Crippen molar-refractivity contribution in [2.45, 2.75) is 262 Å². The van der Waals surface area contributed by atoms with Crippen LogP contribution in [-0.4, -0.2) is 157 Å². The van der Waals surface area contributed by atoms with Gasteiger partial charge in [-0.3, -0.25) is 9.59 Å². The summed E-state index contributed by atoms with van der Waals surface area (Å²) in [6.07, 6.45) is 15.9. The van der Waals surface area contributed by atoms with Crippen molar-refractivity contribution >= 4 is 11.9 Å². The lowest BCUT2D eigenvalue weighted by Crippen LogP contribution is -2.58. The first-order valence-corrected chi connectivity index (χ1v) is 32.4. The summed E-state index contributed by atoms with van der Waals surface area (Å²) < 4.78 is 69.5. The molecule has 4 aliphatic carbocycles. The standard InChI is InChI=1S/C48H72O14.C21H28O3/c1-11-25(2)43-28(5)17-18-47(62-43)23-34-20-33(61-47)16-15-27(4)42(26(3)13-12-14-32-24-55-45-40(49)29(6)19-35(46(51)58-34)48(32,45)52)59-39-22-37(54-10)44(31(8)57-39)60-38-21-36(53-9)41(50)30(7)56-38;1-3-20(23)24-19-9-8-18-17-6-4-13-12-14(22)5-7-15(13)16(17)10-11-21(18,19)2/h12-15,17-19,25-26,28,30-31,33-45,49-50,52H,11,16,20-24H2,1-10H3;5,7,12,16-19,22H,3-4,6,8-11H2,1-2H3. The zero-order chi connectivity index (χ0) is 61.6. The number of methoxy groups -OCH3 is 2. The van der Waals surface area contributed by atoms with Crippen LogP contribution in [0.2, 0.25) is 0 Å². The molecule has 1 aromatic carbocycles. The van der Waals surface area contributed by atoms with Crippen LogP contribution in [0.3, 0.4) is 0 Å². The summed E-state index contributed by atoms with van der Waals surface area (Å²) in [7, 11) is 3.22. The molecule has 6 aliphatic heterocycles. The number of allylic oxidation sites excluding steroid dienone is 2. The van der Waals surface area contributed by atoms with Gasteiger partial charge < -0.3 is 72.5 Å². The third-order valence-corrected chi connectivity index (χ3v) is 21.7. The summed E-state index contributed by atoms with van der Waals surface area (Å²) >= 11 is 0. The maximum Gasteiger partial charge on any atom is 0.316 e. The van der Waals surface area contributed by atoms with Crippen molar-refractivity contribution in [3.05, 3.63) is 88.6 Å². The molecule has 4 saturated heterocycles. The van der Waals surface area contributed by atoms with E-state index in [0.29, 0.717) is 73.2 Å². The largest absolute Gasteiger partial charge is 0.508 e. The fraction of sp³-hybridized carbons (Fsp3) is 0.739. The summed E-state index contributed by atoms with van der Waals surface area (Å²) in [5.41, 5.74) is 3.08. The van der Waals surface area contributed by atoms with Gasteiger partial charge in [0, 0.05) is 63.6 Å².